The number of aryl methyl sites for hydroxylation is 2. The van der Waals surface area contributed by atoms with Crippen LogP contribution in [-0.4, -0.2) is 27.8 Å². The first-order valence-electron chi connectivity index (χ1n) is 7.19. The minimum atomic E-state index is 0.170. The van der Waals surface area contributed by atoms with Gasteiger partial charge in [0.15, 0.2) is 5.78 Å². The standard InChI is InChI=1S/C16H20OS2/c1-2-14-16(19-9-8-18-14)15(17)13-7-6-11-4-3-5-12(11)10-13/h6-7,10,14,16H,2-5,8-9H2,1H3. The zero-order valence-electron chi connectivity index (χ0n) is 11.4. The van der Waals surface area contributed by atoms with Crippen LogP contribution in [0.2, 0.25) is 0 Å². The molecule has 0 amide bonds. The van der Waals surface area contributed by atoms with Crippen molar-refractivity contribution in [2.24, 2.45) is 0 Å². The second-order valence-electron chi connectivity index (χ2n) is 5.31. The first-order valence-corrected chi connectivity index (χ1v) is 9.28. The third-order valence-corrected chi connectivity index (χ3v) is 7.34. The Bertz CT molecular complexity index is 484. The summed E-state index contributed by atoms with van der Waals surface area (Å²) in [5.41, 5.74) is 3.81. The number of Topliss-reactive ketones (excluding diaryl/α,β-unsaturated/α-hetero) is 1. The molecule has 1 nitrogen and oxygen atoms in total. The highest BCUT2D eigenvalue weighted by Crippen LogP contribution is 2.35. The van der Waals surface area contributed by atoms with Crippen LogP contribution in [0.3, 0.4) is 0 Å². The molecule has 1 aromatic rings. The highest BCUT2D eigenvalue weighted by atomic mass is 32.2. The molecule has 0 radical (unpaired) electrons. The van der Waals surface area contributed by atoms with E-state index in [1.807, 2.05) is 23.5 Å². The Labute approximate surface area is 123 Å². The molecule has 1 aliphatic carbocycles. The largest absolute Gasteiger partial charge is 0.293 e. The van der Waals surface area contributed by atoms with Crippen molar-refractivity contribution in [2.45, 2.75) is 43.1 Å². The van der Waals surface area contributed by atoms with E-state index in [1.54, 1.807) is 0 Å². The van der Waals surface area contributed by atoms with Gasteiger partial charge in [-0.2, -0.15) is 11.8 Å². The summed E-state index contributed by atoms with van der Waals surface area (Å²) < 4.78 is 0. The molecular weight excluding hydrogens is 272 g/mol. The van der Waals surface area contributed by atoms with E-state index in [0.717, 1.165) is 24.2 Å². The minimum absolute atomic E-state index is 0.170. The van der Waals surface area contributed by atoms with E-state index in [-0.39, 0.29) is 5.25 Å². The molecule has 2 unspecified atom stereocenters. The van der Waals surface area contributed by atoms with Gasteiger partial charge in [0, 0.05) is 22.3 Å². The topological polar surface area (TPSA) is 17.1 Å². The molecule has 2 atom stereocenters. The van der Waals surface area contributed by atoms with Gasteiger partial charge in [-0.3, -0.25) is 4.79 Å². The Kier molecular flexibility index (Phi) is 4.23. The quantitative estimate of drug-likeness (QED) is 0.784. The molecule has 3 rings (SSSR count). The van der Waals surface area contributed by atoms with Gasteiger partial charge in [0.1, 0.15) is 0 Å². The molecule has 102 valence electrons. The summed E-state index contributed by atoms with van der Waals surface area (Å²) in [5, 5.41) is 0.669. The van der Waals surface area contributed by atoms with Crippen molar-refractivity contribution in [1.29, 1.82) is 0 Å². The lowest BCUT2D eigenvalue weighted by Gasteiger charge is -2.28. The Morgan fingerprint density at radius 3 is 2.84 bits per heavy atom. The van der Waals surface area contributed by atoms with Crippen LogP contribution in [0.1, 0.15) is 41.3 Å². The number of ketones is 1. The van der Waals surface area contributed by atoms with Gasteiger partial charge >= 0.3 is 0 Å². The fourth-order valence-corrected chi connectivity index (χ4v) is 6.06. The summed E-state index contributed by atoms with van der Waals surface area (Å²) in [7, 11) is 0. The van der Waals surface area contributed by atoms with Crippen molar-refractivity contribution in [3.05, 3.63) is 34.9 Å². The maximum atomic E-state index is 12.7. The molecule has 1 aromatic carbocycles. The monoisotopic (exact) mass is 292 g/mol. The lowest BCUT2D eigenvalue weighted by molar-refractivity contribution is 0.0988. The number of carbonyl (C=O) groups excluding carboxylic acids is 1. The average molecular weight is 292 g/mol. The average Bonchev–Trinajstić information content (AvgIpc) is 2.93. The number of thioether (sulfide) groups is 2. The van der Waals surface area contributed by atoms with Gasteiger partial charge in [0.25, 0.3) is 0 Å². The Morgan fingerprint density at radius 1 is 1.21 bits per heavy atom. The van der Waals surface area contributed by atoms with Crippen LogP contribution in [-0.2, 0) is 12.8 Å². The molecule has 0 bridgehead atoms. The fourth-order valence-electron chi connectivity index (χ4n) is 3.04. The molecule has 1 fully saturated rings. The zero-order valence-corrected chi connectivity index (χ0v) is 13.0. The molecule has 1 aliphatic heterocycles. The molecule has 19 heavy (non-hydrogen) atoms. The Hall–Kier alpha value is -0.410. The number of fused-ring (bicyclic) bond motifs is 1. The number of rotatable bonds is 3. The summed E-state index contributed by atoms with van der Waals surface area (Å²) in [6, 6.07) is 6.40. The number of hydrogen-bond donors (Lipinski definition) is 0. The van der Waals surface area contributed by atoms with E-state index < -0.39 is 0 Å². The van der Waals surface area contributed by atoms with E-state index in [0.29, 0.717) is 11.0 Å². The molecule has 0 spiro atoms. The second kappa shape index (κ2) is 5.92. The van der Waals surface area contributed by atoms with Crippen LogP contribution in [0, 0.1) is 0 Å². The van der Waals surface area contributed by atoms with Crippen LogP contribution >= 0.6 is 23.5 Å². The van der Waals surface area contributed by atoms with Crippen LogP contribution < -0.4 is 0 Å². The number of benzene rings is 1. The molecule has 1 heterocycles. The Balaban J connectivity index is 1.82. The SMILES string of the molecule is CCC1SCCSC1C(=O)c1ccc2c(c1)CCC2. The van der Waals surface area contributed by atoms with Crippen molar-refractivity contribution in [1.82, 2.24) is 0 Å². The molecule has 2 aliphatic rings. The maximum absolute atomic E-state index is 12.7. The van der Waals surface area contributed by atoms with Gasteiger partial charge in [-0.1, -0.05) is 19.1 Å². The number of hydrogen-bond acceptors (Lipinski definition) is 3. The fraction of sp³-hybridized carbons (Fsp3) is 0.562. The summed E-state index contributed by atoms with van der Waals surface area (Å²) in [6.07, 6.45) is 4.69. The summed E-state index contributed by atoms with van der Waals surface area (Å²) in [4.78, 5) is 12.7. The minimum Gasteiger partial charge on any atom is -0.293 e. The molecule has 3 heteroatoms. The van der Waals surface area contributed by atoms with Crippen LogP contribution in [0.25, 0.3) is 0 Å². The van der Waals surface area contributed by atoms with E-state index in [4.69, 9.17) is 0 Å². The van der Waals surface area contributed by atoms with E-state index >= 15 is 0 Å². The maximum Gasteiger partial charge on any atom is 0.176 e. The lowest BCUT2D eigenvalue weighted by atomic mass is 10.0. The third-order valence-electron chi connectivity index (χ3n) is 4.09. The van der Waals surface area contributed by atoms with Gasteiger partial charge in [-0.05, 0) is 42.9 Å². The highest BCUT2D eigenvalue weighted by molar-refractivity contribution is 8.07. The van der Waals surface area contributed by atoms with Crippen molar-refractivity contribution in [2.75, 3.05) is 11.5 Å². The van der Waals surface area contributed by atoms with Crippen molar-refractivity contribution >= 4 is 29.3 Å². The molecule has 0 saturated carbocycles. The van der Waals surface area contributed by atoms with Gasteiger partial charge in [0.05, 0.1) is 5.25 Å². The highest BCUT2D eigenvalue weighted by Gasteiger charge is 2.31. The molecule has 0 aromatic heterocycles. The number of carbonyl (C=O) groups is 1. The Morgan fingerprint density at radius 2 is 2.00 bits per heavy atom. The van der Waals surface area contributed by atoms with Gasteiger partial charge in [0.2, 0.25) is 0 Å². The van der Waals surface area contributed by atoms with Crippen LogP contribution in [0.4, 0.5) is 0 Å². The van der Waals surface area contributed by atoms with Crippen LogP contribution in [0.5, 0.6) is 0 Å². The molecular formula is C16H20OS2. The molecule has 0 N–H and O–H groups in total. The first kappa shape index (κ1) is 13.6. The van der Waals surface area contributed by atoms with Gasteiger partial charge in [-0.25, -0.2) is 0 Å². The van der Waals surface area contributed by atoms with Crippen LogP contribution in [0.15, 0.2) is 18.2 Å². The van der Waals surface area contributed by atoms with Gasteiger partial charge < -0.3 is 0 Å². The first-order chi connectivity index (χ1) is 9.29. The second-order valence-corrected chi connectivity index (χ2v) is 7.91. The smallest absolute Gasteiger partial charge is 0.176 e. The zero-order chi connectivity index (χ0) is 13.2. The molecule has 1 saturated heterocycles. The van der Waals surface area contributed by atoms with E-state index in [1.165, 1.54) is 29.7 Å². The predicted octanol–water partition coefficient (Wildman–Crippen LogP) is 3.99. The predicted molar refractivity (Wildman–Crippen MR) is 85.6 cm³/mol. The van der Waals surface area contributed by atoms with Crippen molar-refractivity contribution in [3.63, 3.8) is 0 Å². The van der Waals surface area contributed by atoms with E-state index in [9.17, 15) is 4.79 Å². The van der Waals surface area contributed by atoms with Crippen molar-refractivity contribution < 1.29 is 4.79 Å². The summed E-state index contributed by atoms with van der Waals surface area (Å²) in [6.45, 7) is 2.20. The summed E-state index contributed by atoms with van der Waals surface area (Å²) in [5.74, 6) is 2.67. The van der Waals surface area contributed by atoms with Gasteiger partial charge in [-0.15, -0.1) is 11.8 Å². The van der Waals surface area contributed by atoms with E-state index in [2.05, 4.69) is 25.1 Å². The summed E-state index contributed by atoms with van der Waals surface area (Å²) >= 11 is 3.84. The normalized spacial score (nSPS) is 26.2. The van der Waals surface area contributed by atoms with Crippen molar-refractivity contribution in [3.8, 4) is 0 Å². The lowest BCUT2D eigenvalue weighted by Crippen LogP contribution is -2.32. The third kappa shape index (κ3) is 2.73.